The highest BCUT2D eigenvalue weighted by atomic mass is 127. The molecule has 21 heteroatoms. The second-order valence-electron chi connectivity index (χ2n) is 41.9. The van der Waals surface area contributed by atoms with Crippen molar-refractivity contribution < 1.29 is 98.6 Å². The van der Waals surface area contributed by atoms with E-state index in [0.717, 1.165) is 98.8 Å². The largest absolute Gasteiger partial charge is 0.744 e. The van der Waals surface area contributed by atoms with E-state index < -0.39 is 67.0 Å². The van der Waals surface area contributed by atoms with Crippen LogP contribution in [0.1, 0.15) is 344 Å². The number of phenolic OH excluding ortho intramolecular Hbond substituents is 2. The number of fused-ring (bicyclic) bond motifs is 1. The first-order valence-corrected chi connectivity index (χ1v) is 57.6. The summed E-state index contributed by atoms with van der Waals surface area (Å²) in [6, 6.07) is 95.4. The van der Waals surface area contributed by atoms with Gasteiger partial charge < -0.3 is 43.0 Å². The number of para-hydroxylation sites is 1. The van der Waals surface area contributed by atoms with Crippen LogP contribution in [-0.4, -0.2) is 65.9 Å². The number of benzene rings is 12. The fourth-order valence-corrected chi connectivity index (χ4v) is 20.8. The number of hydrogen-bond donors (Lipinski definition) is 2. The van der Waals surface area contributed by atoms with E-state index in [9.17, 15) is 43.5 Å². The summed E-state index contributed by atoms with van der Waals surface area (Å²) in [7, 11) is -10.0. The maximum atomic E-state index is 13.8. The van der Waals surface area contributed by atoms with Crippen LogP contribution in [0.4, 0.5) is 17.6 Å². The molecule has 14 nitrogen and oxygen atoms in total. The lowest BCUT2D eigenvalue weighted by Crippen LogP contribution is -3.61. The molecule has 796 valence electrons. The van der Waals surface area contributed by atoms with Crippen LogP contribution in [0.3, 0.4) is 0 Å². The number of phenols is 2. The minimum atomic E-state index is -5.74. The summed E-state index contributed by atoms with van der Waals surface area (Å²) >= 11 is -0.0703. The summed E-state index contributed by atoms with van der Waals surface area (Å²) in [5.74, 6) is -4.81. The maximum absolute atomic E-state index is 13.8. The Balaban J connectivity index is 0.000000199. The molecule has 2 fully saturated rings. The van der Waals surface area contributed by atoms with Gasteiger partial charge in [-0.1, -0.05) is 345 Å². The molecule has 0 spiro atoms. The number of pyridine rings is 1. The van der Waals surface area contributed by atoms with Crippen molar-refractivity contribution in [2.24, 2.45) is 0 Å². The first-order chi connectivity index (χ1) is 70.2. The molecular formula is C127H157F4INO13S2-. The number of rotatable bonds is 33. The fourth-order valence-electron chi connectivity index (χ4n) is 17.5. The van der Waals surface area contributed by atoms with Crippen molar-refractivity contribution >= 4 is 31.1 Å². The summed E-state index contributed by atoms with van der Waals surface area (Å²) in [6.45, 7) is 45.4. The molecule has 9 atom stereocenters. The van der Waals surface area contributed by atoms with E-state index in [-0.39, 0.29) is 66.3 Å². The van der Waals surface area contributed by atoms with Crippen LogP contribution in [-0.2, 0) is 64.4 Å². The summed E-state index contributed by atoms with van der Waals surface area (Å²) in [6.07, 6.45) is 19.6. The van der Waals surface area contributed by atoms with Crippen LogP contribution in [0.15, 0.2) is 301 Å². The van der Waals surface area contributed by atoms with Gasteiger partial charge in [0.15, 0.2) is 24.5 Å². The molecule has 12 aromatic carbocycles. The lowest BCUT2D eigenvalue weighted by atomic mass is 9.69. The first kappa shape index (κ1) is 121. The SMILES string of the molecule is CC(C)(C)c1ccc([I+]c2ccc(C(C)(C)C)cc2)cc1.CCC(C)c1ccc(COc2c(F)c(F)c(S(=O)(=O)[O-])c(F)c2F)cc1.CCC(C)c1ccc(O)cc1.CCC(C)c1ccc(O)cc1.CCC(C)c1ccc(OC(OC(C)C)C(C)(Cc2ccccc2)c2ccccc2)cc1.CCC(C)c1ccc(OC(OC2CCCC2)C2(c3cnc4ccccc4c3)CCCCC2)cc1.CCC(C)c1ccc(S(=O)(=O)[O-])cc1. The molecule has 9 unspecified atom stereocenters. The monoisotopic (exact) mass is 2170 g/mol. The lowest BCUT2D eigenvalue weighted by molar-refractivity contribution is -0.597. The molecule has 0 aliphatic heterocycles. The van der Waals surface area contributed by atoms with E-state index in [1.165, 1.54) is 107 Å². The van der Waals surface area contributed by atoms with Gasteiger partial charge in [-0.15, -0.1) is 0 Å². The van der Waals surface area contributed by atoms with Crippen molar-refractivity contribution in [3.8, 4) is 28.7 Å². The van der Waals surface area contributed by atoms with Gasteiger partial charge >= 0.3 is 21.2 Å². The Morgan fingerprint density at radius 1 is 0.419 bits per heavy atom. The standard InChI is InChI=1S/C31H39NO2.C29H36O2.C20H26I.C17H16F4O4S.C10H14O3S.2C10H14O/c1-3-23(2)24-15-17-28(18-16-24)34-30(33-27-12-6-7-13-27)31(19-9-4-10-20-31)26-21-25-11-5-8-14-29(25)32-22-26;1-6-23(4)25-17-19-27(20-18-25)31-28(30-22(2)3)29(5,26-15-11-8-12-16-26)21-24-13-9-7-10-14-24;1-19(2,3)15-7-11-17(12-8-15)21-18-13-9-16(10-14-18)20(4,5)6;1-3-9(2)11-6-4-10(5-7-11)8-25-16-12(18)14(20)17(26(22,23)24)15(21)13(16)19;1-3-8(2)9-4-6-10(7-5-9)14(11,12)13;2*1-3-8(2)9-4-6-10(11)7-5-9/h5,8,11,14-18,21-23,27,30H,3-4,6-7,9-10,12-13,19-20H2,1-2H3;7-20,22-23,28H,6,21H2,1-5H3;7-14H,1-6H3;4-7,9H,3,8H2,1-2H3,(H,22,23,24);4-8H,3H2,1-2H3,(H,11,12,13);2*4-8,11H,3H2,1-2H3/q;;+1;;;;/p-2. The van der Waals surface area contributed by atoms with Crippen LogP contribution >= 0.6 is 0 Å². The van der Waals surface area contributed by atoms with Crippen molar-refractivity contribution in [1.29, 1.82) is 0 Å². The van der Waals surface area contributed by atoms with Gasteiger partial charge in [0.1, 0.15) is 54.7 Å². The predicted octanol–water partition coefficient (Wildman–Crippen LogP) is 30.4. The summed E-state index contributed by atoms with van der Waals surface area (Å²) < 4.78 is 154. The normalized spacial score (nSPS) is 15.1. The Labute approximate surface area is 891 Å². The second kappa shape index (κ2) is 57.5. The lowest BCUT2D eigenvalue weighted by Gasteiger charge is -2.44. The molecule has 13 aromatic rings. The van der Waals surface area contributed by atoms with E-state index in [4.69, 9.17) is 38.9 Å². The molecule has 1 aromatic heterocycles. The third-order valence-electron chi connectivity index (χ3n) is 28.5. The molecule has 2 aliphatic carbocycles. The third-order valence-corrected chi connectivity index (χ3v) is 32.9. The van der Waals surface area contributed by atoms with Crippen molar-refractivity contribution in [2.45, 2.75) is 346 Å². The van der Waals surface area contributed by atoms with Gasteiger partial charge in [-0.05, 0) is 302 Å². The summed E-state index contributed by atoms with van der Waals surface area (Å²) in [4.78, 5) is 2.48. The Morgan fingerprint density at radius 2 is 0.797 bits per heavy atom. The quantitative estimate of drug-likeness (QED) is 0.0129. The minimum absolute atomic E-state index is 0.0446. The van der Waals surface area contributed by atoms with Gasteiger partial charge in [0.2, 0.25) is 24.2 Å². The van der Waals surface area contributed by atoms with Gasteiger partial charge in [0, 0.05) is 11.6 Å². The highest BCUT2D eigenvalue weighted by Gasteiger charge is 2.47. The summed E-state index contributed by atoms with van der Waals surface area (Å²) in [5, 5.41) is 19.2. The Morgan fingerprint density at radius 3 is 1.19 bits per heavy atom. The van der Waals surface area contributed by atoms with Gasteiger partial charge in [-0.2, -0.15) is 8.78 Å². The highest BCUT2D eigenvalue weighted by molar-refractivity contribution is 7.86. The molecule has 0 bridgehead atoms. The average Bonchev–Trinajstić information content (AvgIpc) is 0.942. The van der Waals surface area contributed by atoms with E-state index in [0.29, 0.717) is 52.6 Å². The smallest absolute Gasteiger partial charge is 0.357 e. The Kier molecular flexibility index (Phi) is 46.9. The molecule has 148 heavy (non-hydrogen) atoms. The molecular weight excluding hydrogens is 2010 g/mol. The zero-order valence-corrected chi connectivity index (χ0v) is 94.3. The van der Waals surface area contributed by atoms with E-state index in [1.807, 2.05) is 38.1 Å². The molecule has 2 N–H and O–H groups in total. The molecule has 0 radical (unpaired) electrons. The number of hydrogen-bond acceptors (Lipinski definition) is 14. The molecule has 2 aliphatic rings. The van der Waals surface area contributed by atoms with Crippen molar-refractivity contribution in [1.82, 2.24) is 4.98 Å². The van der Waals surface area contributed by atoms with Gasteiger partial charge in [-0.25, -0.2) is 25.6 Å². The van der Waals surface area contributed by atoms with Crippen molar-refractivity contribution in [3.05, 3.63) is 388 Å². The fraction of sp³-hybridized carbons (Fsp3) is 0.409. The van der Waals surface area contributed by atoms with Crippen LogP contribution in [0.5, 0.6) is 28.7 Å². The number of aromatic nitrogens is 1. The molecule has 15 rings (SSSR count). The van der Waals surface area contributed by atoms with E-state index >= 15 is 0 Å². The van der Waals surface area contributed by atoms with E-state index in [1.54, 1.807) is 60.7 Å². The topological polar surface area (TPSA) is 214 Å². The Hall–Kier alpha value is -10.8. The molecule has 0 saturated heterocycles. The molecule has 2 saturated carbocycles. The number of aromatic hydroxyl groups is 2. The third kappa shape index (κ3) is 36.0. The predicted molar refractivity (Wildman–Crippen MR) is 587 cm³/mol. The number of halogens is 5. The number of ether oxygens (including phenoxy) is 5. The van der Waals surface area contributed by atoms with Crippen LogP contribution in [0.25, 0.3) is 10.9 Å². The van der Waals surface area contributed by atoms with Gasteiger partial charge in [-0.3, -0.25) is 4.98 Å². The van der Waals surface area contributed by atoms with Crippen molar-refractivity contribution in [3.63, 3.8) is 0 Å². The van der Waals surface area contributed by atoms with Crippen molar-refractivity contribution in [2.75, 3.05) is 0 Å². The molecule has 1 heterocycles. The van der Waals surface area contributed by atoms with Crippen LogP contribution in [0, 0.1) is 30.4 Å². The average molecular weight is 2170 g/mol. The van der Waals surface area contributed by atoms with Gasteiger partial charge in [0.25, 0.3) is 0 Å². The van der Waals surface area contributed by atoms with Crippen LogP contribution < -0.4 is 35.4 Å². The first-order valence-electron chi connectivity index (χ1n) is 52.6. The van der Waals surface area contributed by atoms with E-state index in [2.05, 4.69) is 326 Å². The maximum Gasteiger partial charge on any atom is 0.357 e. The second-order valence-corrected chi connectivity index (χ2v) is 47.6. The van der Waals surface area contributed by atoms with Crippen LogP contribution in [0.2, 0.25) is 0 Å². The summed E-state index contributed by atoms with van der Waals surface area (Å²) in [5.41, 5.74) is 15.4. The highest BCUT2D eigenvalue weighted by Crippen LogP contribution is 2.47. The Bertz CT molecular complexity index is 6250. The number of nitrogens with zero attached hydrogens (tertiary/aromatic N) is 1. The minimum Gasteiger partial charge on any atom is -0.744 e. The zero-order valence-electron chi connectivity index (χ0n) is 90.5. The zero-order chi connectivity index (χ0) is 108. The molecule has 0 amide bonds. The van der Waals surface area contributed by atoms with Gasteiger partial charge in [0.05, 0.1) is 33.5 Å².